The highest BCUT2D eigenvalue weighted by Gasteiger charge is 2.50. The van der Waals surface area contributed by atoms with E-state index < -0.39 is 5.54 Å². The van der Waals surface area contributed by atoms with Crippen molar-refractivity contribution in [2.75, 3.05) is 7.11 Å². The number of nitrogens with zero attached hydrogens (tertiary/aromatic N) is 2. The number of hydrogen-bond donors (Lipinski definition) is 1. The molecule has 3 atom stereocenters. The largest absolute Gasteiger partial charge is 0.468 e. The predicted molar refractivity (Wildman–Crippen MR) is 114 cm³/mol. The monoisotopic (exact) mass is 395 g/mol. The van der Waals surface area contributed by atoms with E-state index in [-0.39, 0.29) is 23.8 Å². The highest BCUT2D eigenvalue weighted by atomic mass is 16.5. The molecule has 0 radical (unpaired) electrons. The highest BCUT2D eigenvalue weighted by molar-refractivity contribution is 5.81. The first-order chi connectivity index (χ1) is 14.0. The van der Waals surface area contributed by atoms with E-state index in [1.807, 2.05) is 12.5 Å². The van der Waals surface area contributed by atoms with Crippen LogP contribution >= 0.6 is 0 Å². The third-order valence-electron chi connectivity index (χ3n) is 7.40. The fourth-order valence-electron chi connectivity index (χ4n) is 5.72. The van der Waals surface area contributed by atoms with Crippen molar-refractivity contribution in [1.29, 1.82) is 0 Å². The quantitative estimate of drug-likeness (QED) is 0.728. The zero-order chi connectivity index (χ0) is 20.6. The summed E-state index contributed by atoms with van der Waals surface area (Å²) in [6, 6.07) is 8.70. The van der Waals surface area contributed by atoms with Gasteiger partial charge < -0.3 is 15.0 Å². The topological polar surface area (TPSA) is 70.1 Å². The lowest BCUT2D eigenvalue weighted by molar-refractivity contribution is -0.153. The Hall–Kier alpha value is -2.14. The normalized spacial score (nSPS) is 22.0. The van der Waals surface area contributed by atoms with Crippen LogP contribution in [-0.2, 0) is 9.53 Å². The lowest BCUT2D eigenvalue weighted by Gasteiger charge is -2.44. The van der Waals surface area contributed by atoms with Gasteiger partial charge in [0, 0.05) is 5.56 Å². The molecule has 1 aromatic heterocycles. The number of aromatic nitrogens is 2. The summed E-state index contributed by atoms with van der Waals surface area (Å²) in [5.74, 6) is 0.220. The van der Waals surface area contributed by atoms with Crippen molar-refractivity contribution in [3.05, 3.63) is 42.4 Å². The average Bonchev–Trinajstić information content (AvgIpc) is 3.33. The number of benzene rings is 1. The maximum Gasteiger partial charge on any atom is 0.326 e. The molecule has 156 valence electrons. The molecule has 2 heterocycles. The second kappa shape index (κ2) is 7.94. The lowest BCUT2D eigenvalue weighted by Crippen LogP contribution is -2.61. The van der Waals surface area contributed by atoms with Crippen LogP contribution in [-0.4, -0.2) is 28.2 Å². The Bertz CT molecular complexity index is 869. The zero-order valence-corrected chi connectivity index (χ0v) is 17.8. The average molecular weight is 396 g/mol. The molecular weight excluding hydrogens is 362 g/mol. The minimum Gasteiger partial charge on any atom is -0.468 e. The van der Waals surface area contributed by atoms with Crippen LogP contribution in [0.4, 0.5) is 0 Å². The Morgan fingerprint density at radius 3 is 2.69 bits per heavy atom. The summed E-state index contributed by atoms with van der Waals surface area (Å²) < 4.78 is 7.52. The Labute approximate surface area is 173 Å². The Kier molecular flexibility index (Phi) is 5.52. The van der Waals surface area contributed by atoms with E-state index >= 15 is 0 Å². The van der Waals surface area contributed by atoms with Crippen LogP contribution in [0.5, 0.6) is 0 Å². The first-order valence-corrected chi connectivity index (χ1v) is 11.0. The molecule has 1 fully saturated rings. The van der Waals surface area contributed by atoms with E-state index in [9.17, 15) is 4.79 Å². The van der Waals surface area contributed by atoms with Crippen molar-refractivity contribution in [2.24, 2.45) is 23.5 Å². The number of nitrogens with two attached hydrogens (primary N) is 1. The number of rotatable bonds is 6. The minimum absolute atomic E-state index is 0.000723. The maximum atomic E-state index is 13.0. The van der Waals surface area contributed by atoms with Crippen LogP contribution in [0.3, 0.4) is 0 Å². The van der Waals surface area contributed by atoms with Gasteiger partial charge in [0.2, 0.25) is 0 Å². The summed E-state index contributed by atoms with van der Waals surface area (Å²) in [6.07, 6.45) is 10.7. The molecule has 29 heavy (non-hydrogen) atoms. The highest BCUT2D eigenvalue weighted by Crippen LogP contribution is 2.48. The molecule has 1 aliphatic carbocycles. The number of fused-ring (bicyclic) bond motifs is 3. The Morgan fingerprint density at radius 2 is 2.00 bits per heavy atom. The van der Waals surface area contributed by atoms with Gasteiger partial charge in [0.1, 0.15) is 5.54 Å². The smallest absolute Gasteiger partial charge is 0.326 e. The van der Waals surface area contributed by atoms with Crippen LogP contribution in [0.25, 0.3) is 11.3 Å². The lowest BCUT2D eigenvalue weighted by atomic mass is 9.64. The van der Waals surface area contributed by atoms with E-state index in [1.54, 1.807) is 0 Å². The predicted octanol–water partition coefficient (Wildman–Crippen LogP) is 4.57. The molecule has 0 saturated heterocycles. The molecule has 5 heteroatoms. The molecule has 1 aliphatic heterocycles. The maximum absolute atomic E-state index is 13.0. The van der Waals surface area contributed by atoms with Gasteiger partial charge in [-0.3, -0.25) is 4.79 Å². The molecule has 0 spiro atoms. The fraction of sp³-hybridized carbons (Fsp3) is 0.583. The molecule has 2 N–H and O–H groups in total. The number of imidazole rings is 1. The summed E-state index contributed by atoms with van der Waals surface area (Å²) in [4.78, 5) is 17.4. The summed E-state index contributed by atoms with van der Waals surface area (Å²) >= 11 is 0. The number of carbonyl (C=O) groups is 1. The van der Waals surface area contributed by atoms with Gasteiger partial charge in [-0.2, -0.15) is 0 Å². The van der Waals surface area contributed by atoms with Gasteiger partial charge in [-0.1, -0.05) is 70.2 Å². The van der Waals surface area contributed by atoms with Crippen molar-refractivity contribution in [3.63, 3.8) is 0 Å². The zero-order valence-electron chi connectivity index (χ0n) is 17.8. The van der Waals surface area contributed by atoms with Crippen LogP contribution in [0.1, 0.15) is 64.0 Å². The van der Waals surface area contributed by atoms with Gasteiger partial charge in [0.05, 0.1) is 31.4 Å². The number of esters is 1. The van der Waals surface area contributed by atoms with Crippen LogP contribution in [0.15, 0.2) is 36.8 Å². The summed E-state index contributed by atoms with van der Waals surface area (Å²) in [7, 11) is 1.46. The molecule has 0 amide bonds. The first kappa shape index (κ1) is 20.1. The first-order valence-electron chi connectivity index (χ1n) is 11.0. The summed E-state index contributed by atoms with van der Waals surface area (Å²) in [6.45, 7) is 4.11. The summed E-state index contributed by atoms with van der Waals surface area (Å²) in [5.41, 5.74) is 9.67. The number of carbonyl (C=O) groups excluding carboxylic acids is 1. The number of methoxy groups -OCH3 is 1. The van der Waals surface area contributed by atoms with Crippen molar-refractivity contribution in [3.8, 4) is 11.3 Å². The molecule has 2 aromatic rings. The van der Waals surface area contributed by atoms with E-state index in [1.165, 1.54) is 37.5 Å². The van der Waals surface area contributed by atoms with Crippen LogP contribution in [0.2, 0.25) is 0 Å². The van der Waals surface area contributed by atoms with Gasteiger partial charge in [-0.25, -0.2) is 4.98 Å². The second-order valence-electron chi connectivity index (χ2n) is 9.11. The van der Waals surface area contributed by atoms with Crippen molar-refractivity contribution in [1.82, 2.24) is 9.55 Å². The van der Waals surface area contributed by atoms with Crippen LogP contribution in [0, 0.1) is 17.8 Å². The van der Waals surface area contributed by atoms with Crippen molar-refractivity contribution in [2.45, 2.75) is 64.0 Å². The third-order valence-corrected chi connectivity index (χ3v) is 7.40. The van der Waals surface area contributed by atoms with Crippen molar-refractivity contribution >= 4 is 5.97 Å². The molecule has 5 nitrogen and oxygen atoms in total. The molecular formula is C24H33N3O2. The van der Waals surface area contributed by atoms with Gasteiger partial charge >= 0.3 is 5.97 Å². The standard InChI is InChI=1S/C24H33N3O2/c1-16(2)24(25,23(28)29-3)20(17-9-5-4-6-10-17)13-21-18-11-7-8-12-19(18)22-14-26-15-27(21)22/h7-8,11-12,14-17,20-21H,4-6,9-10,13,25H2,1-3H3. The molecule has 1 saturated carbocycles. The number of hydrogen-bond acceptors (Lipinski definition) is 4. The Balaban J connectivity index is 1.76. The fourth-order valence-corrected chi connectivity index (χ4v) is 5.72. The van der Waals surface area contributed by atoms with Gasteiger partial charge in [-0.15, -0.1) is 0 Å². The molecule has 1 aromatic carbocycles. The molecule has 2 aliphatic rings. The van der Waals surface area contributed by atoms with Gasteiger partial charge in [-0.05, 0) is 29.7 Å². The Morgan fingerprint density at radius 1 is 1.28 bits per heavy atom. The van der Waals surface area contributed by atoms with Gasteiger partial charge in [0.25, 0.3) is 0 Å². The van der Waals surface area contributed by atoms with E-state index in [0.717, 1.165) is 25.0 Å². The minimum atomic E-state index is -0.991. The summed E-state index contributed by atoms with van der Waals surface area (Å²) in [5, 5.41) is 0. The second-order valence-corrected chi connectivity index (χ2v) is 9.11. The van der Waals surface area contributed by atoms with Crippen molar-refractivity contribution < 1.29 is 9.53 Å². The molecule has 3 unspecified atom stereocenters. The molecule has 0 bridgehead atoms. The van der Waals surface area contributed by atoms with Gasteiger partial charge in [0.15, 0.2) is 0 Å². The molecule has 4 rings (SSSR count). The van der Waals surface area contributed by atoms with Crippen LogP contribution < -0.4 is 5.73 Å². The van der Waals surface area contributed by atoms with E-state index in [4.69, 9.17) is 10.5 Å². The van der Waals surface area contributed by atoms with E-state index in [2.05, 4.69) is 47.7 Å². The SMILES string of the molecule is COC(=O)C(N)(C(C)C)C(CC1c2ccccc2-c2cncn21)C1CCCCC1. The number of ether oxygens (including phenoxy) is 1. The third kappa shape index (κ3) is 3.29. The van der Waals surface area contributed by atoms with E-state index in [0.29, 0.717) is 5.92 Å².